The third kappa shape index (κ3) is 7.94. The number of hydrogen-bond acceptors (Lipinski definition) is 5. The van der Waals surface area contributed by atoms with Crippen molar-refractivity contribution in [2.45, 2.75) is 60.4 Å². The van der Waals surface area contributed by atoms with Crippen molar-refractivity contribution >= 4 is 23.4 Å². The second-order valence-electron chi connectivity index (χ2n) is 9.01. The van der Waals surface area contributed by atoms with Crippen LogP contribution in [-0.2, 0) is 14.4 Å². The van der Waals surface area contributed by atoms with Crippen LogP contribution in [0.1, 0.15) is 54.4 Å². The van der Waals surface area contributed by atoms with Gasteiger partial charge in [0.1, 0.15) is 6.04 Å². The van der Waals surface area contributed by atoms with Crippen LogP contribution in [0, 0.1) is 17.3 Å². The normalized spacial score (nSPS) is 13.3. The van der Waals surface area contributed by atoms with Crippen LogP contribution in [0.15, 0.2) is 36.8 Å². The molecule has 8 nitrogen and oxygen atoms in total. The smallest absolute Gasteiger partial charge is 0.251 e. The minimum absolute atomic E-state index is 0.142. The third-order valence-corrected chi connectivity index (χ3v) is 4.49. The first-order chi connectivity index (χ1) is 13.8. The minimum atomic E-state index is -0.832. The molecule has 1 aromatic rings. The monoisotopic (exact) mass is 418 g/mol. The zero-order valence-corrected chi connectivity index (χ0v) is 18.7. The Morgan fingerprint density at radius 1 is 1.23 bits per heavy atom. The highest BCUT2D eigenvalue weighted by molar-refractivity contribution is 5.98. The third-order valence-electron chi connectivity index (χ3n) is 4.49. The standard InChI is InChI=1S/C22H34N4O4/c1-14(2)11-16(12-18(27)26(30)15(3)4)20(28)25-19(22(5,6)7)21(29)24-17-9-8-10-23-13-17/h8-10,13-14,16,19,30H,3,11-12H2,1-2,4-7H3,(H,24,29)(H,25,28)/t16-,19-/m1/s1. The molecule has 0 bridgehead atoms. The predicted molar refractivity (Wildman–Crippen MR) is 115 cm³/mol. The molecule has 1 rings (SSSR count). The molecule has 0 aromatic carbocycles. The van der Waals surface area contributed by atoms with Gasteiger partial charge >= 0.3 is 0 Å². The van der Waals surface area contributed by atoms with Crippen molar-refractivity contribution in [1.82, 2.24) is 15.4 Å². The topological polar surface area (TPSA) is 112 Å². The van der Waals surface area contributed by atoms with Crippen molar-refractivity contribution in [2.75, 3.05) is 5.32 Å². The van der Waals surface area contributed by atoms with Gasteiger partial charge in [0.25, 0.3) is 5.91 Å². The van der Waals surface area contributed by atoms with Crippen LogP contribution >= 0.6 is 0 Å². The fourth-order valence-corrected chi connectivity index (χ4v) is 2.95. The summed E-state index contributed by atoms with van der Waals surface area (Å²) in [5, 5.41) is 15.8. The van der Waals surface area contributed by atoms with Crippen LogP contribution in [0.2, 0.25) is 0 Å². The molecule has 1 aromatic heterocycles. The summed E-state index contributed by atoms with van der Waals surface area (Å²) in [6.45, 7) is 14.4. The van der Waals surface area contributed by atoms with E-state index in [1.165, 1.54) is 13.1 Å². The van der Waals surface area contributed by atoms with Crippen LogP contribution in [0.25, 0.3) is 0 Å². The molecular weight excluding hydrogens is 384 g/mol. The van der Waals surface area contributed by atoms with Crippen molar-refractivity contribution < 1.29 is 19.6 Å². The molecular formula is C22H34N4O4. The Morgan fingerprint density at radius 2 is 1.87 bits per heavy atom. The van der Waals surface area contributed by atoms with Gasteiger partial charge in [-0.2, -0.15) is 5.06 Å². The fourth-order valence-electron chi connectivity index (χ4n) is 2.95. The summed E-state index contributed by atoms with van der Waals surface area (Å²) in [6, 6.07) is 2.58. The van der Waals surface area contributed by atoms with Gasteiger partial charge in [-0.3, -0.25) is 24.6 Å². The Balaban J connectivity index is 3.00. The van der Waals surface area contributed by atoms with Gasteiger partial charge < -0.3 is 10.6 Å². The number of hydroxylamine groups is 2. The second kappa shape index (κ2) is 10.9. The number of allylic oxidation sites excluding steroid dienone is 1. The number of nitrogens with zero attached hydrogens (tertiary/aromatic N) is 2. The van der Waals surface area contributed by atoms with Gasteiger partial charge in [-0.15, -0.1) is 0 Å². The van der Waals surface area contributed by atoms with E-state index in [0.717, 1.165) is 0 Å². The Morgan fingerprint density at radius 3 is 2.33 bits per heavy atom. The van der Waals surface area contributed by atoms with E-state index in [-0.39, 0.29) is 23.9 Å². The molecule has 8 heteroatoms. The maximum Gasteiger partial charge on any atom is 0.251 e. The van der Waals surface area contributed by atoms with Gasteiger partial charge in [-0.1, -0.05) is 41.2 Å². The fraction of sp³-hybridized carbons (Fsp3) is 0.545. The molecule has 0 aliphatic carbocycles. The summed E-state index contributed by atoms with van der Waals surface area (Å²) >= 11 is 0. The summed E-state index contributed by atoms with van der Waals surface area (Å²) in [6.07, 6.45) is 3.37. The number of aromatic nitrogens is 1. The van der Waals surface area contributed by atoms with Gasteiger partial charge in [0.2, 0.25) is 11.8 Å². The Labute approximate surface area is 178 Å². The zero-order chi connectivity index (χ0) is 23.1. The minimum Gasteiger partial charge on any atom is -0.344 e. The lowest BCUT2D eigenvalue weighted by Gasteiger charge is -2.32. The molecule has 3 amide bonds. The molecule has 0 spiro atoms. The van der Waals surface area contributed by atoms with Crippen molar-refractivity contribution in [2.24, 2.45) is 17.3 Å². The van der Waals surface area contributed by atoms with Crippen molar-refractivity contribution in [3.8, 4) is 0 Å². The lowest BCUT2D eigenvalue weighted by atomic mass is 9.85. The van der Waals surface area contributed by atoms with Crippen molar-refractivity contribution in [3.05, 3.63) is 36.8 Å². The number of amides is 3. The van der Waals surface area contributed by atoms with E-state index < -0.39 is 29.2 Å². The molecule has 0 aliphatic heterocycles. The van der Waals surface area contributed by atoms with Gasteiger partial charge in [-0.25, -0.2) is 0 Å². The number of hydrogen-bond donors (Lipinski definition) is 3. The number of carbonyl (C=O) groups is 3. The van der Waals surface area contributed by atoms with Crippen LogP contribution in [0.4, 0.5) is 5.69 Å². The van der Waals surface area contributed by atoms with E-state index in [4.69, 9.17) is 0 Å². The number of rotatable bonds is 9. The molecule has 30 heavy (non-hydrogen) atoms. The predicted octanol–water partition coefficient (Wildman–Crippen LogP) is 3.35. The summed E-state index contributed by atoms with van der Waals surface area (Å²) in [5.74, 6) is -1.95. The first kappa shape index (κ1) is 25.3. The van der Waals surface area contributed by atoms with Crippen molar-refractivity contribution in [1.29, 1.82) is 0 Å². The first-order valence-corrected chi connectivity index (χ1v) is 10.0. The quantitative estimate of drug-likeness (QED) is 0.421. The maximum absolute atomic E-state index is 13.0. The second-order valence-corrected chi connectivity index (χ2v) is 9.01. The van der Waals surface area contributed by atoms with Gasteiger partial charge in [-0.05, 0) is 36.8 Å². The number of carbonyl (C=O) groups excluding carboxylic acids is 3. The lowest BCUT2D eigenvalue weighted by molar-refractivity contribution is -0.159. The zero-order valence-electron chi connectivity index (χ0n) is 18.7. The van der Waals surface area contributed by atoms with Crippen LogP contribution < -0.4 is 10.6 Å². The van der Waals surface area contributed by atoms with E-state index in [2.05, 4.69) is 22.2 Å². The van der Waals surface area contributed by atoms with E-state index >= 15 is 0 Å². The van der Waals surface area contributed by atoms with Gasteiger partial charge in [0, 0.05) is 24.2 Å². The summed E-state index contributed by atoms with van der Waals surface area (Å²) in [4.78, 5) is 42.2. The average Bonchev–Trinajstić information content (AvgIpc) is 2.63. The van der Waals surface area contributed by atoms with E-state index in [0.29, 0.717) is 17.2 Å². The molecule has 0 fully saturated rings. The highest BCUT2D eigenvalue weighted by Gasteiger charge is 2.35. The summed E-state index contributed by atoms with van der Waals surface area (Å²) in [5.41, 5.74) is 0.124. The number of nitrogens with one attached hydrogen (secondary N) is 2. The molecule has 3 N–H and O–H groups in total. The van der Waals surface area contributed by atoms with Crippen molar-refractivity contribution in [3.63, 3.8) is 0 Å². The van der Waals surface area contributed by atoms with Gasteiger partial charge in [0.05, 0.1) is 11.9 Å². The molecule has 2 atom stereocenters. The molecule has 0 saturated heterocycles. The average molecular weight is 419 g/mol. The SMILES string of the molecule is C=C(C)N(O)C(=O)C[C@@H](CC(C)C)C(=O)N[C@H](C(=O)Nc1cccnc1)C(C)(C)C. The summed E-state index contributed by atoms with van der Waals surface area (Å²) < 4.78 is 0. The van der Waals surface area contributed by atoms with Crippen LogP contribution in [0.5, 0.6) is 0 Å². The molecule has 0 radical (unpaired) electrons. The number of anilines is 1. The van der Waals surface area contributed by atoms with Crippen LogP contribution in [0.3, 0.4) is 0 Å². The Bertz CT molecular complexity index is 756. The van der Waals surface area contributed by atoms with E-state index in [1.807, 2.05) is 34.6 Å². The maximum atomic E-state index is 13.0. The summed E-state index contributed by atoms with van der Waals surface area (Å²) in [7, 11) is 0. The Hall–Kier alpha value is -2.74. The largest absolute Gasteiger partial charge is 0.344 e. The first-order valence-electron chi connectivity index (χ1n) is 10.0. The number of pyridine rings is 1. The van der Waals surface area contributed by atoms with E-state index in [1.54, 1.807) is 18.3 Å². The molecule has 166 valence electrons. The Kier molecular flexibility index (Phi) is 9.17. The highest BCUT2D eigenvalue weighted by Crippen LogP contribution is 2.23. The molecule has 0 unspecified atom stereocenters. The van der Waals surface area contributed by atoms with Crippen LogP contribution in [-0.4, -0.2) is 39.0 Å². The lowest BCUT2D eigenvalue weighted by Crippen LogP contribution is -2.53. The van der Waals surface area contributed by atoms with E-state index in [9.17, 15) is 19.6 Å². The molecule has 1 heterocycles. The van der Waals surface area contributed by atoms with Gasteiger partial charge in [0.15, 0.2) is 0 Å². The molecule has 0 saturated carbocycles. The molecule has 0 aliphatic rings. The highest BCUT2D eigenvalue weighted by atomic mass is 16.5.